The fourth-order valence-electron chi connectivity index (χ4n) is 3.64. The summed E-state index contributed by atoms with van der Waals surface area (Å²) in [6, 6.07) is -0.0734. The molecule has 0 aromatic rings. The van der Waals surface area contributed by atoms with Crippen LogP contribution in [0.1, 0.15) is 39.0 Å². The van der Waals surface area contributed by atoms with Gasteiger partial charge in [0.25, 0.3) is 0 Å². The topological polar surface area (TPSA) is 40.6 Å². The molecule has 0 spiro atoms. The predicted molar refractivity (Wildman–Crippen MR) is 76.0 cm³/mol. The minimum atomic E-state index is -0.203. The van der Waals surface area contributed by atoms with Gasteiger partial charge in [-0.05, 0) is 37.9 Å². The van der Waals surface area contributed by atoms with E-state index in [0.29, 0.717) is 0 Å². The highest BCUT2D eigenvalue weighted by atomic mass is 32.2. The number of amides is 2. The van der Waals surface area contributed by atoms with Crippen molar-refractivity contribution >= 4 is 23.6 Å². The Morgan fingerprint density at radius 1 is 1.21 bits per heavy atom. The standard InChI is InChI=1S/C14H22N2O2S/c1-2-11-13(17)15-7-4-3-5-12(15)14(18)16(11)10-6-8-19-9-10/h10-12H,2-9H2,1H3. The first-order valence-corrected chi connectivity index (χ1v) is 8.60. The van der Waals surface area contributed by atoms with E-state index in [1.165, 1.54) is 0 Å². The summed E-state index contributed by atoms with van der Waals surface area (Å²) in [5.41, 5.74) is 0. The van der Waals surface area contributed by atoms with E-state index in [1.54, 1.807) is 0 Å². The van der Waals surface area contributed by atoms with Gasteiger partial charge in [-0.25, -0.2) is 0 Å². The molecule has 5 heteroatoms. The molecule has 2 amide bonds. The summed E-state index contributed by atoms with van der Waals surface area (Å²) < 4.78 is 0. The average molecular weight is 282 g/mol. The van der Waals surface area contributed by atoms with E-state index in [0.717, 1.165) is 50.2 Å². The van der Waals surface area contributed by atoms with Gasteiger partial charge in [0.15, 0.2) is 0 Å². The van der Waals surface area contributed by atoms with Gasteiger partial charge in [-0.2, -0.15) is 11.8 Å². The molecule has 0 N–H and O–H groups in total. The second kappa shape index (κ2) is 5.35. The molecule has 0 bridgehead atoms. The fraction of sp³-hybridized carbons (Fsp3) is 0.857. The van der Waals surface area contributed by atoms with E-state index in [9.17, 15) is 9.59 Å². The van der Waals surface area contributed by atoms with Crippen LogP contribution in [-0.4, -0.2) is 57.8 Å². The van der Waals surface area contributed by atoms with Crippen LogP contribution in [0.2, 0.25) is 0 Å². The molecule has 3 fully saturated rings. The second-order valence-electron chi connectivity index (χ2n) is 5.73. The Labute approximate surface area is 118 Å². The third kappa shape index (κ3) is 2.16. The zero-order chi connectivity index (χ0) is 13.4. The van der Waals surface area contributed by atoms with Crippen molar-refractivity contribution < 1.29 is 9.59 Å². The Hall–Kier alpha value is -0.710. The number of carbonyl (C=O) groups excluding carboxylic acids is 2. The number of hydrogen-bond donors (Lipinski definition) is 0. The Balaban J connectivity index is 1.88. The van der Waals surface area contributed by atoms with Crippen molar-refractivity contribution in [1.82, 2.24) is 9.80 Å². The highest BCUT2D eigenvalue weighted by molar-refractivity contribution is 7.99. The minimum absolute atomic E-state index is 0.158. The lowest BCUT2D eigenvalue weighted by Gasteiger charge is -2.48. The summed E-state index contributed by atoms with van der Waals surface area (Å²) in [5, 5.41) is 0. The van der Waals surface area contributed by atoms with Gasteiger partial charge in [-0.15, -0.1) is 0 Å². The molecule has 3 heterocycles. The minimum Gasteiger partial charge on any atom is -0.329 e. The Kier molecular flexibility index (Phi) is 3.74. The second-order valence-corrected chi connectivity index (χ2v) is 6.88. The van der Waals surface area contributed by atoms with Crippen molar-refractivity contribution in [2.75, 3.05) is 18.1 Å². The number of carbonyl (C=O) groups is 2. The number of rotatable bonds is 2. The van der Waals surface area contributed by atoms with Gasteiger partial charge in [0, 0.05) is 18.3 Å². The maximum atomic E-state index is 12.8. The van der Waals surface area contributed by atoms with Crippen molar-refractivity contribution in [1.29, 1.82) is 0 Å². The first-order valence-electron chi connectivity index (χ1n) is 7.44. The molecule has 3 unspecified atom stereocenters. The van der Waals surface area contributed by atoms with Crippen LogP contribution in [0.25, 0.3) is 0 Å². The van der Waals surface area contributed by atoms with E-state index in [4.69, 9.17) is 0 Å². The maximum absolute atomic E-state index is 12.8. The van der Waals surface area contributed by atoms with Gasteiger partial charge in [-0.3, -0.25) is 9.59 Å². The lowest BCUT2D eigenvalue weighted by atomic mass is 9.93. The van der Waals surface area contributed by atoms with Crippen LogP contribution in [-0.2, 0) is 9.59 Å². The van der Waals surface area contributed by atoms with Crippen molar-refractivity contribution in [2.24, 2.45) is 0 Å². The van der Waals surface area contributed by atoms with Crippen LogP contribution in [0, 0.1) is 0 Å². The van der Waals surface area contributed by atoms with Crippen molar-refractivity contribution in [3.63, 3.8) is 0 Å². The van der Waals surface area contributed by atoms with Gasteiger partial charge in [-0.1, -0.05) is 6.92 Å². The van der Waals surface area contributed by atoms with Crippen molar-refractivity contribution in [3.05, 3.63) is 0 Å². The maximum Gasteiger partial charge on any atom is 0.246 e. The van der Waals surface area contributed by atoms with E-state index < -0.39 is 0 Å². The molecule has 3 atom stereocenters. The monoisotopic (exact) mass is 282 g/mol. The van der Waals surface area contributed by atoms with Gasteiger partial charge in [0.1, 0.15) is 12.1 Å². The van der Waals surface area contributed by atoms with E-state index in [1.807, 2.05) is 28.5 Å². The van der Waals surface area contributed by atoms with Crippen LogP contribution in [0.5, 0.6) is 0 Å². The number of fused-ring (bicyclic) bond motifs is 1. The summed E-state index contributed by atoms with van der Waals surface area (Å²) in [4.78, 5) is 29.2. The lowest BCUT2D eigenvalue weighted by molar-refractivity contribution is -0.166. The van der Waals surface area contributed by atoms with Crippen LogP contribution in [0.15, 0.2) is 0 Å². The third-order valence-electron chi connectivity index (χ3n) is 4.63. The summed E-state index contributed by atoms with van der Waals surface area (Å²) in [6.45, 7) is 2.80. The number of hydrogen-bond acceptors (Lipinski definition) is 3. The molecule has 4 nitrogen and oxygen atoms in total. The lowest BCUT2D eigenvalue weighted by Crippen LogP contribution is -2.67. The summed E-state index contributed by atoms with van der Waals surface area (Å²) in [7, 11) is 0. The number of nitrogens with zero attached hydrogens (tertiary/aromatic N) is 2. The molecular weight excluding hydrogens is 260 g/mol. The third-order valence-corrected chi connectivity index (χ3v) is 5.78. The van der Waals surface area contributed by atoms with E-state index in [2.05, 4.69) is 0 Å². The molecule has 0 saturated carbocycles. The SMILES string of the molecule is CCC1C(=O)N2CCCCC2C(=O)N1C1CCSC1. The van der Waals surface area contributed by atoms with Gasteiger partial charge >= 0.3 is 0 Å². The zero-order valence-corrected chi connectivity index (χ0v) is 12.3. The van der Waals surface area contributed by atoms with E-state index >= 15 is 0 Å². The van der Waals surface area contributed by atoms with Crippen LogP contribution in [0.3, 0.4) is 0 Å². The Morgan fingerprint density at radius 3 is 2.74 bits per heavy atom. The van der Waals surface area contributed by atoms with Crippen molar-refractivity contribution in [2.45, 2.75) is 57.2 Å². The highest BCUT2D eigenvalue weighted by Gasteiger charge is 2.48. The molecular formula is C14H22N2O2S. The molecule has 3 rings (SSSR count). The normalized spacial score (nSPS) is 35.7. The van der Waals surface area contributed by atoms with Gasteiger partial charge in [0.2, 0.25) is 11.8 Å². The number of thioether (sulfide) groups is 1. The zero-order valence-electron chi connectivity index (χ0n) is 11.5. The molecule has 0 aromatic heterocycles. The Morgan fingerprint density at radius 2 is 2.05 bits per heavy atom. The molecule has 3 aliphatic rings. The molecule has 106 valence electrons. The first kappa shape index (κ1) is 13.3. The van der Waals surface area contributed by atoms with Gasteiger partial charge in [0.05, 0.1) is 0 Å². The quantitative estimate of drug-likeness (QED) is 0.770. The summed E-state index contributed by atoms with van der Waals surface area (Å²) >= 11 is 1.90. The fourth-order valence-corrected chi connectivity index (χ4v) is 4.84. The highest BCUT2D eigenvalue weighted by Crippen LogP contribution is 2.32. The van der Waals surface area contributed by atoms with Crippen molar-refractivity contribution in [3.8, 4) is 0 Å². The largest absolute Gasteiger partial charge is 0.329 e. The van der Waals surface area contributed by atoms with Crippen LogP contribution in [0.4, 0.5) is 0 Å². The molecule has 3 aliphatic heterocycles. The summed E-state index contributed by atoms with van der Waals surface area (Å²) in [5.74, 6) is 2.54. The molecule has 19 heavy (non-hydrogen) atoms. The Bertz CT molecular complexity index is 382. The first-order chi connectivity index (χ1) is 9.24. The van der Waals surface area contributed by atoms with Crippen LogP contribution < -0.4 is 0 Å². The number of piperidine rings is 1. The summed E-state index contributed by atoms with van der Waals surface area (Å²) in [6.07, 6.45) is 4.77. The molecule has 3 saturated heterocycles. The van der Waals surface area contributed by atoms with Crippen LogP contribution >= 0.6 is 11.8 Å². The molecule has 0 radical (unpaired) electrons. The van der Waals surface area contributed by atoms with Gasteiger partial charge < -0.3 is 9.80 Å². The smallest absolute Gasteiger partial charge is 0.246 e. The molecule has 0 aliphatic carbocycles. The van der Waals surface area contributed by atoms with E-state index in [-0.39, 0.29) is 29.9 Å². The number of piperazine rings is 1. The predicted octanol–water partition coefficient (Wildman–Crippen LogP) is 1.49. The molecule has 0 aromatic carbocycles. The average Bonchev–Trinajstić information content (AvgIpc) is 2.96.